The molecule has 0 N–H and O–H groups in total. The SMILES string of the molecule is O=S1(=O)C(c2ccsc2)=Cc2ccccc21. The summed E-state index contributed by atoms with van der Waals surface area (Å²) in [6.45, 7) is 0. The summed E-state index contributed by atoms with van der Waals surface area (Å²) in [4.78, 5) is 0.825. The molecule has 2 aromatic rings. The second kappa shape index (κ2) is 3.30. The molecular weight excluding hydrogens is 240 g/mol. The van der Waals surface area contributed by atoms with Gasteiger partial charge in [-0.3, -0.25) is 0 Å². The van der Waals surface area contributed by atoms with Crippen molar-refractivity contribution in [2.24, 2.45) is 0 Å². The summed E-state index contributed by atoms with van der Waals surface area (Å²) >= 11 is 1.50. The van der Waals surface area contributed by atoms with Crippen LogP contribution in [0.25, 0.3) is 11.0 Å². The van der Waals surface area contributed by atoms with Crippen LogP contribution in [0.4, 0.5) is 0 Å². The van der Waals surface area contributed by atoms with Crippen molar-refractivity contribution >= 4 is 32.2 Å². The van der Waals surface area contributed by atoms with Gasteiger partial charge in [0.05, 0.1) is 9.80 Å². The minimum atomic E-state index is -3.30. The maximum atomic E-state index is 12.2. The zero-order valence-corrected chi connectivity index (χ0v) is 9.88. The molecule has 2 nitrogen and oxygen atoms in total. The molecule has 3 rings (SSSR count). The Hall–Kier alpha value is -1.39. The number of hydrogen-bond donors (Lipinski definition) is 0. The summed E-state index contributed by atoms with van der Waals surface area (Å²) in [7, 11) is -3.30. The van der Waals surface area contributed by atoms with E-state index in [1.54, 1.807) is 18.2 Å². The van der Waals surface area contributed by atoms with Crippen molar-refractivity contribution in [3.8, 4) is 0 Å². The first-order chi connectivity index (χ1) is 7.69. The normalized spacial score (nSPS) is 16.9. The van der Waals surface area contributed by atoms with Crippen LogP contribution in [0.1, 0.15) is 11.1 Å². The molecule has 16 heavy (non-hydrogen) atoms. The molecule has 0 saturated carbocycles. The lowest BCUT2D eigenvalue weighted by atomic mass is 10.2. The molecular formula is C12H8O2S2. The molecule has 1 aromatic heterocycles. The number of hydrogen-bond acceptors (Lipinski definition) is 3. The minimum absolute atomic E-state index is 0.412. The van der Waals surface area contributed by atoms with E-state index in [2.05, 4.69) is 0 Å². The number of fused-ring (bicyclic) bond motifs is 1. The van der Waals surface area contributed by atoms with Crippen LogP contribution in [0, 0.1) is 0 Å². The van der Waals surface area contributed by atoms with E-state index in [-0.39, 0.29) is 0 Å². The molecule has 1 aliphatic heterocycles. The maximum absolute atomic E-state index is 12.2. The van der Waals surface area contributed by atoms with E-state index in [4.69, 9.17) is 0 Å². The van der Waals surface area contributed by atoms with Gasteiger partial charge in [-0.15, -0.1) is 0 Å². The quantitative estimate of drug-likeness (QED) is 0.777. The molecule has 0 aliphatic carbocycles. The molecule has 0 fully saturated rings. The molecule has 0 bridgehead atoms. The van der Waals surface area contributed by atoms with Gasteiger partial charge < -0.3 is 0 Å². The van der Waals surface area contributed by atoms with E-state index in [0.29, 0.717) is 9.80 Å². The lowest BCUT2D eigenvalue weighted by molar-refractivity contribution is 0.606. The van der Waals surface area contributed by atoms with Crippen molar-refractivity contribution in [2.45, 2.75) is 4.90 Å². The first kappa shape index (κ1) is 9.81. The average Bonchev–Trinajstić information content (AvgIpc) is 2.86. The van der Waals surface area contributed by atoms with Gasteiger partial charge in [-0.05, 0) is 34.5 Å². The smallest absolute Gasteiger partial charge is 0.207 e. The third-order valence-electron chi connectivity index (χ3n) is 2.59. The summed E-state index contributed by atoms with van der Waals surface area (Å²) in [6, 6.07) is 8.91. The Morgan fingerprint density at radius 3 is 2.56 bits per heavy atom. The van der Waals surface area contributed by atoms with Gasteiger partial charge in [-0.25, -0.2) is 8.42 Å². The van der Waals surface area contributed by atoms with Crippen LogP contribution in [-0.2, 0) is 9.84 Å². The Morgan fingerprint density at radius 2 is 1.88 bits per heavy atom. The molecule has 0 saturated heterocycles. The highest BCUT2D eigenvalue weighted by atomic mass is 32.2. The van der Waals surface area contributed by atoms with Crippen molar-refractivity contribution in [3.63, 3.8) is 0 Å². The molecule has 0 radical (unpaired) electrons. The van der Waals surface area contributed by atoms with Gasteiger partial charge >= 0.3 is 0 Å². The number of thiophene rings is 1. The number of rotatable bonds is 1. The predicted octanol–water partition coefficient (Wildman–Crippen LogP) is 3.03. The Morgan fingerprint density at radius 1 is 1.06 bits per heavy atom. The Kier molecular flexibility index (Phi) is 2.02. The van der Waals surface area contributed by atoms with Gasteiger partial charge in [0.1, 0.15) is 0 Å². The third kappa shape index (κ3) is 1.27. The lowest BCUT2D eigenvalue weighted by Crippen LogP contribution is -1.98. The second-order valence-corrected chi connectivity index (χ2v) is 6.23. The summed E-state index contributed by atoms with van der Waals surface area (Å²) in [6.07, 6.45) is 1.74. The van der Waals surface area contributed by atoms with Crippen molar-refractivity contribution in [1.82, 2.24) is 0 Å². The summed E-state index contributed by atoms with van der Waals surface area (Å²) in [5, 5.41) is 3.74. The van der Waals surface area contributed by atoms with Gasteiger partial charge in [-0.1, -0.05) is 18.2 Å². The highest BCUT2D eigenvalue weighted by Crippen LogP contribution is 2.38. The first-order valence-electron chi connectivity index (χ1n) is 4.78. The van der Waals surface area contributed by atoms with Crippen LogP contribution < -0.4 is 0 Å². The van der Waals surface area contributed by atoms with E-state index in [9.17, 15) is 8.42 Å². The summed E-state index contributed by atoms with van der Waals surface area (Å²) in [5.74, 6) is 0. The molecule has 0 atom stereocenters. The van der Waals surface area contributed by atoms with Gasteiger partial charge in [0.25, 0.3) is 0 Å². The van der Waals surface area contributed by atoms with Gasteiger partial charge in [0.2, 0.25) is 9.84 Å². The van der Waals surface area contributed by atoms with Gasteiger partial charge in [0, 0.05) is 5.56 Å². The van der Waals surface area contributed by atoms with Gasteiger partial charge in [0.15, 0.2) is 0 Å². The van der Waals surface area contributed by atoms with Crippen molar-refractivity contribution < 1.29 is 8.42 Å². The number of sulfone groups is 1. The first-order valence-corrected chi connectivity index (χ1v) is 7.20. The fraction of sp³-hybridized carbons (Fsp3) is 0. The fourth-order valence-electron chi connectivity index (χ4n) is 1.82. The number of benzene rings is 1. The third-order valence-corrected chi connectivity index (χ3v) is 5.16. The van der Waals surface area contributed by atoms with E-state index in [1.807, 2.05) is 29.0 Å². The summed E-state index contributed by atoms with van der Waals surface area (Å²) < 4.78 is 24.4. The minimum Gasteiger partial charge on any atom is -0.218 e. The largest absolute Gasteiger partial charge is 0.218 e. The molecule has 0 spiro atoms. The fourth-order valence-corrected chi connectivity index (χ4v) is 4.21. The van der Waals surface area contributed by atoms with E-state index >= 15 is 0 Å². The van der Waals surface area contributed by atoms with Crippen molar-refractivity contribution in [3.05, 3.63) is 52.2 Å². The Labute approximate surface area is 97.8 Å². The molecule has 1 aliphatic rings. The predicted molar refractivity (Wildman–Crippen MR) is 65.8 cm³/mol. The van der Waals surface area contributed by atoms with Gasteiger partial charge in [-0.2, -0.15) is 11.3 Å². The summed E-state index contributed by atoms with van der Waals surface area (Å²) in [5.41, 5.74) is 1.56. The highest BCUT2D eigenvalue weighted by molar-refractivity contribution is 8.01. The van der Waals surface area contributed by atoms with Crippen LogP contribution in [0.5, 0.6) is 0 Å². The van der Waals surface area contributed by atoms with Crippen molar-refractivity contribution in [2.75, 3.05) is 0 Å². The Balaban J connectivity index is 2.27. The average molecular weight is 248 g/mol. The van der Waals surface area contributed by atoms with Crippen LogP contribution in [0.3, 0.4) is 0 Å². The second-order valence-electron chi connectivity index (χ2n) is 3.56. The monoisotopic (exact) mass is 248 g/mol. The van der Waals surface area contributed by atoms with E-state index in [1.165, 1.54) is 11.3 Å². The molecule has 80 valence electrons. The molecule has 2 heterocycles. The molecule has 1 aromatic carbocycles. The van der Waals surface area contributed by atoms with Crippen molar-refractivity contribution in [1.29, 1.82) is 0 Å². The molecule has 0 unspecified atom stereocenters. The lowest BCUT2D eigenvalue weighted by Gasteiger charge is -2.00. The standard InChI is InChI=1S/C12H8O2S2/c13-16(14)11-4-2-1-3-9(11)7-12(16)10-5-6-15-8-10/h1-8H. The molecule has 0 amide bonds. The Bertz CT molecular complexity index is 665. The van der Waals surface area contributed by atoms with Crippen LogP contribution in [0.2, 0.25) is 0 Å². The topological polar surface area (TPSA) is 34.1 Å². The zero-order valence-electron chi connectivity index (χ0n) is 8.25. The highest BCUT2D eigenvalue weighted by Gasteiger charge is 2.30. The van der Waals surface area contributed by atoms with E-state index in [0.717, 1.165) is 11.1 Å². The van der Waals surface area contributed by atoms with Crippen LogP contribution in [0.15, 0.2) is 46.0 Å². The van der Waals surface area contributed by atoms with E-state index < -0.39 is 9.84 Å². The molecule has 4 heteroatoms. The maximum Gasteiger partial charge on any atom is 0.207 e. The van der Waals surface area contributed by atoms with Crippen LogP contribution in [-0.4, -0.2) is 8.42 Å². The zero-order chi connectivity index (χ0) is 11.2. The van der Waals surface area contributed by atoms with Crippen LogP contribution >= 0.6 is 11.3 Å².